The molecule has 10 heteroatoms. The van der Waals surface area contributed by atoms with Crippen molar-refractivity contribution in [1.29, 1.82) is 0 Å². The second kappa shape index (κ2) is 14.5. The Hall–Kier alpha value is -4.57. The van der Waals surface area contributed by atoms with E-state index in [9.17, 15) is 24.6 Å². The predicted octanol–water partition coefficient (Wildman–Crippen LogP) is 4.23. The van der Waals surface area contributed by atoms with Crippen LogP contribution in [0.15, 0.2) is 66.7 Å². The monoisotopic (exact) mass is 551 g/mol. The smallest absolute Gasteiger partial charge is 0.410 e. The van der Waals surface area contributed by atoms with E-state index >= 15 is 0 Å². The van der Waals surface area contributed by atoms with E-state index in [0.717, 1.165) is 11.1 Å². The van der Waals surface area contributed by atoms with E-state index in [1.807, 2.05) is 6.07 Å². The summed E-state index contributed by atoms with van der Waals surface area (Å²) >= 11 is 0. The molecule has 2 N–H and O–H groups in total. The summed E-state index contributed by atoms with van der Waals surface area (Å²) in [5.74, 6) is -0.00753. The number of aliphatic hydroxyl groups excluding tert-OH is 1. The molecule has 0 aliphatic carbocycles. The first kappa shape index (κ1) is 30.0. The number of aliphatic hydroxyl groups is 1. The van der Waals surface area contributed by atoms with Gasteiger partial charge in [-0.1, -0.05) is 36.4 Å². The number of amides is 1. The Morgan fingerprint density at radius 2 is 1.48 bits per heavy atom. The van der Waals surface area contributed by atoms with Crippen molar-refractivity contribution in [3.05, 3.63) is 89.0 Å². The first-order valence-electron chi connectivity index (χ1n) is 12.5. The van der Waals surface area contributed by atoms with Crippen LogP contribution in [0, 0.1) is 0 Å². The molecule has 212 valence electrons. The van der Waals surface area contributed by atoms with Crippen molar-refractivity contribution in [1.82, 2.24) is 4.90 Å². The number of rotatable bonds is 14. The molecular weight excluding hydrogens is 518 g/mol. The van der Waals surface area contributed by atoms with E-state index in [-0.39, 0.29) is 37.2 Å². The molecule has 3 aromatic carbocycles. The lowest BCUT2D eigenvalue weighted by atomic mass is 9.99. The number of Topliss-reactive ketones (excluding diaryl/α,β-unsaturated/α-hetero) is 1. The zero-order valence-corrected chi connectivity index (χ0v) is 22.7. The molecule has 0 bridgehead atoms. The topological polar surface area (TPSA) is 132 Å². The number of aromatic carboxylic acids is 1. The van der Waals surface area contributed by atoms with Crippen LogP contribution in [-0.4, -0.2) is 73.5 Å². The van der Waals surface area contributed by atoms with Crippen LogP contribution in [0.2, 0.25) is 0 Å². The van der Waals surface area contributed by atoms with Crippen molar-refractivity contribution in [3.63, 3.8) is 0 Å². The molecule has 1 atom stereocenters. The molecule has 0 saturated heterocycles. The molecule has 0 radical (unpaired) electrons. The van der Waals surface area contributed by atoms with Gasteiger partial charge < -0.3 is 34.1 Å². The van der Waals surface area contributed by atoms with Crippen LogP contribution in [0.5, 0.6) is 17.2 Å². The van der Waals surface area contributed by atoms with Gasteiger partial charge in [0.15, 0.2) is 17.3 Å². The Morgan fingerprint density at radius 1 is 0.825 bits per heavy atom. The Balaban J connectivity index is 1.72. The maximum Gasteiger partial charge on any atom is 0.410 e. The van der Waals surface area contributed by atoms with Gasteiger partial charge in [0.2, 0.25) is 0 Å². The molecule has 0 spiro atoms. The van der Waals surface area contributed by atoms with Crippen LogP contribution < -0.4 is 14.2 Å². The molecular formula is C30H33NO9. The fourth-order valence-electron chi connectivity index (χ4n) is 4.07. The standard InChI is InChI=1S/C30H33NO9/c1-37-23-11-8-21(9-12-23)19-40-30(36)31(15-14-20-10-13-27(38-2)28(16-20)39-3)18-22(32)17-26(33)24-6-4-5-7-25(24)29(34)35/h4-13,16,22,32H,14-15,17-19H2,1-3H3,(H,34,35). The fraction of sp³-hybridized carbons (Fsp3) is 0.300. The van der Waals surface area contributed by atoms with Crippen molar-refractivity contribution in [2.24, 2.45) is 0 Å². The van der Waals surface area contributed by atoms with Crippen LogP contribution >= 0.6 is 0 Å². The first-order chi connectivity index (χ1) is 19.2. The molecule has 1 amide bonds. The number of methoxy groups -OCH3 is 3. The second-order valence-corrected chi connectivity index (χ2v) is 8.92. The van der Waals surface area contributed by atoms with Crippen molar-refractivity contribution in [3.8, 4) is 17.2 Å². The number of carboxylic acids is 1. The van der Waals surface area contributed by atoms with Crippen molar-refractivity contribution < 1.29 is 43.5 Å². The molecule has 0 fully saturated rings. The molecule has 0 saturated carbocycles. The number of hydrogen-bond donors (Lipinski definition) is 2. The highest BCUT2D eigenvalue weighted by atomic mass is 16.6. The maximum atomic E-state index is 13.1. The maximum absolute atomic E-state index is 13.1. The fourth-order valence-corrected chi connectivity index (χ4v) is 4.07. The number of hydrogen-bond acceptors (Lipinski definition) is 8. The molecule has 0 aliphatic rings. The summed E-state index contributed by atoms with van der Waals surface area (Å²) in [4.78, 5) is 38.7. The Kier molecular flexibility index (Phi) is 10.9. The quantitative estimate of drug-likeness (QED) is 0.283. The highest BCUT2D eigenvalue weighted by molar-refractivity contribution is 6.05. The predicted molar refractivity (Wildman–Crippen MR) is 146 cm³/mol. The Bertz CT molecular complexity index is 1310. The summed E-state index contributed by atoms with van der Waals surface area (Å²) in [5.41, 5.74) is 1.44. The summed E-state index contributed by atoms with van der Waals surface area (Å²) in [6.07, 6.45) is -1.90. The highest BCUT2D eigenvalue weighted by Crippen LogP contribution is 2.28. The van der Waals surface area contributed by atoms with Gasteiger partial charge in [-0.15, -0.1) is 0 Å². The van der Waals surface area contributed by atoms with Gasteiger partial charge in [0.05, 0.1) is 39.5 Å². The number of carbonyl (C=O) groups excluding carboxylic acids is 2. The molecule has 10 nitrogen and oxygen atoms in total. The van der Waals surface area contributed by atoms with Crippen molar-refractivity contribution >= 4 is 17.8 Å². The second-order valence-electron chi connectivity index (χ2n) is 8.92. The minimum absolute atomic E-state index is 0.00327. The summed E-state index contributed by atoms with van der Waals surface area (Å²) in [6.45, 7) is -0.0275. The summed E-state index contributed by atoms with van der Waals surface area (Å²) in [6, 6.07) is 18.2. The van der Waals surface area contributed by atoms with Gasteiger partial charge in [-0.05, 0) is 47.9 Å². The summed E-state index contributed by atoms with van der Waals surface area (Å²) < 4.78 is 21.3. The minimum atomic E-state index is -1.26. The van der Waals surface area contributed by atoms with Gasteiger partial charge in [0, 0.05) is 18.5 Å². The number of carbonyl (C=O) groups is 3. The number of ether oxygens (including phenoxy) is 4. The molecule has 0 aromatic heterocycles. The number of benzene rings is 3. The molecule has 3 rings (SSSR count). The zero-order chi connectivity index (χ0) is 29.1. The van der Waals surface area contributed by atoms with E-state index in [0.29, 0.717) is 23.7 Å². The number of nitrogens with zero attached hydrogens (tertiary/aromatic N) is 1. The third-order valence-corrected chi connectivity index (χ3v) is 6.21. The number of carboxylic acid groups (broad SMARTS) is 1. The van der Waals surface area contributed by atoms with Crippen LogP contribution in [0.1, 0.15) is 38.3 Å². The van der Waals surface area contributed by atoms with Crippen LogP contribution in [0.3, 0.4) is 0 Å². The van der Waals surface area contributed by atoms with Crippen LogP contribution in [0.25, 0.3) is 0 Å². The van der Waals surface area contributed by atoms with Gasteiger partial charge >= 0.3 is 12.1 Å². The minimum Gasteiger partial charge on any atom is -0.497 e. The molecule has 1 unspecified atom stereocenters. The molecule has 40 heavy (non-hydrogen) atoms. The van der Waals surface area contributed by atoms with Crippen molar-refractivity contribution in [2.75, 3.05) is 34.4 Å². The van der Waals surface area contributed by atoms with Gasteiger partial charge in [-0.2, -0.15) is 0 Å². The lowest BCUT2D eigenvalue weighted by Gasteiger charge is -2.25. The largest absolute Gasteiger partial charge is 0.497 e. The third-order valence-electron chi connectivity index (χ3n) is 6.21. The van der Waals surface area contributed by atoms with E-state index in [1.54, 1.807) is 49.6 Å². The van der Waals surface area contributed by atoms with E-state index in [2.05, 4.69) is 0 Å². The molecule has 3 aromatic rings. The van der Waals surface area contributed by atoms with E-state index in [1.165, 1.54) is 37.3 Å². The zero-order valence-electron chi connectivity index (χ0n) is 22.7. The van der Waals surface area contributed by atoms with Crippen LogP contribution in [-0.2, 0) is 17.8 Å². The molecule has 0 heterocycles. The first-order valence-corrected chi connectivity index (χ1v) is 12.5. The van der Waals surface area contributed by atoms with E-state index in [4.69, 9.17) is 18.9 Å². The summed E-state index contributed by atoms with van der Waals surface area (Å²) in [7, 11) is 4.62. The van der Waals surface area contributed by atoms with Crippen molar-refractivity contribution in [2.45, 2.75) is 25.6 Å². The summed E-state index contributed by atoms with van der Waals surface area (Å²) in [5, 5.41) is 20.1. The molecule has 0 aliphatic heterocycles. The Morgan fingerprint density at radius 3 is 2.10 bits per heavy atom. The van der Waals surface area contributed by atoms with Gasteiger partial charge in [-0.25, -0.2) is 9.59 Å². The Labute approximate surface area is 232 Å². The lowest BCUT2D eigenvalue weighted by Crippen LogP contribution is -2.40. The van der Waals surface area contributed by atoms with E-state index < -0.39 is 23.9 Å². The third kappa shape index (κ3) is 8.21. The van der Waals surface area contributed by atoms with Gasteiger partial charge in [0.1, 0.15) is 12.4 Å². The normalized spacial score (nSPS) is 11.3. The average molecular weight is 552 g/mol. The van der Waals surface area contributed by atoms with Gasteiger partial charge in [0.25, 0.3) is 0 Å². The lowest BCUT2D eigenvalue weighted by molar-refractivity contribution is 0.0611. The number of ketones is 1. The highest BCUT2D eigenvalue weighted by Gasteiger charge is 2.24. The van der Waals surface area contributed by atoms with Crippen LogP contribution in [0.4, 0.5) is 4.79 Å². The average Bonchev–Trinajstić information content (AvgIpc) is 2.97. The SMILES string of the molecule is COc1ccc(COC(=O)N(CCc2ccc(OC)c(OC)c2)CC(O)CC(=O)c2ccccc2C(=O)O)cc1. The van der Waals surface area contributed by atoms with Gasteiger partial charge in [-0.3, -0.25) is 4.79 Å².